The van der Waals surface area contributed by atoms with Crippen LogP contribution in [0.15, 0.2) is 47.3 Å². The summed E-state index contributed by atoms with van der Waals surface area (Å²) in [5.41, 5.74) is 4.33. The van der Waals surface area contributed by atoms with Crippen LogP contribution < -0.4 is 10.5 Å². The molecule has 0 unspecified atom stereocenters. The Morgan fingerprint density at radius 2 is 2.00 bits per heavy atom. The second-order valence-electron chi connectivity index (χ2n) is 5.50. The Labute approximate surface area is 134 Å². The summed E-state index contributed by atoms with van der Waals surface area (Å²) in [7, 11) is 3.60. The van der Waals surface area contributed by atoms with Gasteiger partial charge in [0.05, 0.1) is 11.2 Å². The van der Waals surface area contributed by atoms with Crippen LogP contribution >= 0.6 is 0 Å². The highest BCUT2D eigenvalue weighted by Gasteiger charge is 2.14. The fourth-order valence-electron chi connectivity index (χ4n) is 2.61. The van der Waals surface area contributed by atoms with E-state index in [1.54, 1.807) is 25.2 Å². The van der Waals surface area contributed by atoms with Gasteiger partial charge in [-0.2, -0.15) is 5.26 Å². The summed E-state index contributed by atoms with van der Waals surface area (Å²) < 4.78 is 1.54. The molecule has 0 amide bonds. The summed E-state index contributed by atoms with van der Waals surface area (Å²) in [5, 5.41) is 9.11. The van der Waals surface area contributed by atoms with Gasteiger partial charge in [0, 0.05) is 25.8 Å². The van der Waals surface area contributed by atoms with Gasteiger partial charge in [-0.25, -0.2) is 4.98 Å². The zero-order valence-corrected chi connectivity index (χ0v) is 13.2. The van der Waals surface area contributed by atoms with E-state index >= 15 is 0 Å². The molecule has 5 heteroatoms. The third-order valence-electron chi connectivity index (χ3n) is 3.93. The van der Waals surface area contributed by atoms with Gasteiger partial charge < -0.3 is 9.47 Å². The van der Waals surface area contributed by atoms with Crippen molar-refractivity contribution >= 4 is 22.4 Å². The maximum atomic E-state index is 12.3. The number of nitriles is 1. The number of nitrogens with zero attached hydrogens (tertiary/aromatic N) is 4. The van der Waals surface area contributed by atoms with Crippen LogP contribution in [0, 0.1) is 18.3 Å². The Bertz CT molecular complexity index is 998. The van der Waals surface area contributed by atoms with E-state index in [0.29, 0.717) is 22.4 Å². The molecule has 0 fully saturated rings. The summed E-state index contributed by atoms with van der Waals surface area (Å²) in [6, 6.07) is 15.0. The lowest BCUT2D eigenvalue weighted by Crippen LogP contribution is -2.21. The van der Waals surface area contributed by atoms with Gasteiger partial charge in [0.25, 0.3) is 5.56 Å². The third kappa shape index (κ3) is 2.55. The summed E-state index contributed by atoms with van der Waals surface area (Å²) >= 11 is 0. The van der Waals surface area contributed by atoms with Gasteiger partial charge in [0.15, 0.2) is 0 Å². The van der Waals surface area contributed by atoms with Crippen molar-refractivity contribution in [2.75, 3.05) is 11.9 Å². The molecule has 1 aromatic carbocycles. The zero-order chi connectivity index (χ0) is 16.6. The molecule has 23 heavy (non-hydrogen) atoms. The van der Waals surface area contributed by atoms with Crippen LogP contribution in [0.3, 0.4) is 0 Å². The second kappa shape index (κ2) is 5.58. The maximum absolute atomic E-state index is 12.3. The minimum atomic E-state index is -0.112. The van der Waals surface area contributed by atoms with Gasteiger partial charge >= 0.3 is 0 Å². The van der Waals surface area contributed by atoms with Gasteiger partial charge in [-0.1, -0.05) is 12.1 Å². The molecule has 0 radical (unpaired) electrons. The van der Waals surface area contributed by atoms with Crippen molar-refractivity contribution in [2.45, 2.75) is 6.92 Å². The summed E-state index contributed by atoms with van der Waals surface area (Å²) in [6.07, 6.45) is 0. The van der Waals surface area contributed by atoms with Crippen molar-refractivity contribution in [3.63, 3.8) is 0 Å². The fourth-order valence-corrected chi connectivity index (χ4v) is 2.61. The number of rotatable bonds is 2. The average molecular weight is 304 g/mol. The van der Waals surface area contributed by atoms with E-state index < -0.39 is 0 Å². The first kappa shape index (κ1) is 14.8. The monoisotopic (exact) mass is 304 g/mol. The molecule has 0 aliphatic heterocycles. The van der Waals surface area contributed by atoms with Crippen LogP contribution in [0.2, 0.25) is 0 Å². The lowest BCUT2D eigenvalue weighted by atomic mass is 10.2. The lowest BCUT2D eigenvalue weighted by Gasteiger charge is -2.22. The van der Waals surface area contributed by atoms with E-state index in [9.17, 15) is 4.79 Å². The average Bonchev–Trinajstić information content (AvgIpc) is 2.57. The first-order chi connectivity index (χ1) is 11.0. The quantitative estimate of drug-likeness (QED) is 0.730. The van der Waals surface area contributed by atoms with Crippen LogP contribution in [0.5, 0.6) is 0 Å². The molecule has 0 atom stereocenters. The smallest absolute Gasteiger partial charge is 0.252 e. The van der Waals surface area contributed by atoms with E-state index in [1.807, 2.05) is 43.1 Å². The van der Waals surface area contributed by atoms with Crippen LogP contribution in [0.4, 0.5) is 11.4 Å². The number of benzene rings is 1. The number of hydrogen-bond acceptors (Lipinski definition) is 4. The normalized spacial score (nSPS) is 10.5. The predicted octanol–water partition coefficient (Wildman–Crippen LogP) is 2.88. The van der Waals surface area contributed by atoms with Crippen molar-refractivity contribution in [1.29, 1.82) is 5.26 Å². The highest BCUT2D eigenvalue weighted by atomic mass is 16.1. The Morgan fingerprint density at radius 1 is 1.22 bits per heavy atom. The van der Waals surface area contributed by atoms with Gasteiger partial charge in [-0.05, 0) is 36.8 Å². The number of hydrogen-bond donors (Lipinski definition) is 0. The van der Waals surface area contributed by atoms with Crippen molar-refractivity contribution in [3.8, 4) is 6.07 Å². The minimum absolute atomic E-state index is 0.112. The van der Waals surface area contributed by atoms with Crippen molar-refractivity contribution < 1.29 is 0 Å². The van der Waals surface area contributed by atoms with Gasteiger partial charge in [0.1, 0.15) is 17.3 Å². The molecule has 0 aliphatic rings. The SMILES string of the molecule is Cc1cccc(N(C)c2cc(=O)n(C)c3ccc(C#N)nc23)c1. The van der Waals surface area contributed by atoms with Crippen LogP contribution in [-0.2, 0) is 7.05 Å². The molecule has 0 N–H and O–H groups in total. The van der Waals surface area contributed by atoms with E-state index in [-0.39, 0.29) is 5.56 Å². The first-order valence-electron chi connectivity index (χ1n) is 7.22. The third-order valence-corrected chi connectivity index (χ3v) is 3.93. The molecule has 3 rings (SSSR count). The predicted molar refractivity (Wildman–Crippen MR) is 90.9 cm³/mol. The fraction of sp³-hybridized carbons (Fsp3) is 0.167. The topological polar surface area (TPSA) is 61.9 Å². The summed E-state index contributed by atoms with van der Waals surface area (Å²) in [5.74, 6) is 0. The second-order valence-corrected chi connectivity index (χ2v) is 5.50. The highest BCUT2D eigenvalue weighted by Crippen LogP contribution is 2.29. The first-order valence-corrected chi connectivity index (χ1v) is 7.22. The molecule has 5 nitrogen and oxygen atoms in total. The standard InChI is InChI=1S/C18H16N4O/c1-12-5-4-6-14(9-12)21(2)16-10-17(23)22(3)15-8-7-13(11-19)20-18(15)16/h4-10H,1-3H3. The Hall–Kier alpha value is -3.13. The van der Waals surface area contributed by atoms with Gasteiger partial charge in [-0.15, -0.1) is 0 Å². The maximum Gasteiger partial charge on any atom is 0.252 e. The molecular formula is C18H16N4O. The van der Waals surface area contributed by atoms with E-state index in [4.69, 9.17) is 5.26 Å². The molecule has 0 spiro atoms. The largest absolute Gasteiger partial charge is 0.343 e. The van der Waals surface area contributed by atoms with Crippen molar-refractivity contribution in [3.05, 3.63) is 64.1 Å². The van der Waals surface area contributed by atoms with Gasteiger partial charge in [0.2, 0.25) is 0 Å². The molecule has 2 aromatic heterocycles. The number of anilines is 2. The summed E-state index contributed by atoms with van der Waals surface area (Å²) in [4.78, 5) is 18.6. The summed E-state index contributed by atoms with van der Waals surface area (Å²) in [6.45, 7) is 2.02. The molecule has 2 heterocycles. The van der Waals surface area contributed by atoms with Crippen LogP contribution in [-0.4, -0.2) is 16.6 Å². The van der Waals surface area contributed by atoms with Crippen LogP contribution in [0.1, 0.15) is 11.3 Å². The van der Waals surface area contributed by atoms with Crippen molar-refractivity contribution in [2.24, 2.45) is 7.05 Å². The molecule has 114 valence electrons. The van der Waals surface area contributed by atoms with Crippen LogP contribution in [0.25, 0.3) is 11.0 Å². The lowest BCUT2D eigenvalue weighted by molar-refractivity contribution is 0.901. The van der Waals surface area contributed by atoms with E-state index in [1.165, 1.54) is 4.57 Å². The number of aryl methyl sites for hydroxylation is 2. The highest BCUT2D eigenvalue weighted by molar-refractivity contribution is 5.90. The van der Waals surface area contributed by atoms with Crippen molar-refractivity contribution in [1.82, 2.24) is 9.55 Å². The zero-order valence-electron chi connectivity index (χ0n) is 13.2. The number of aromatic nitrogens is 2. The molecular weight excluding hydrogens is 288 g/mol. The van der Waals surface area contributed by atoms with E-state index in [2.05, 4.69) is 11.1 Å². The number of fused-ring (bicyclic) bond motifs is 1. The molecule has 0 bridgehead atoms. The van der Waals surface area contributed by atoms with Gasteiger partial charge in [-0.3, -0.25) is 4.79 Å². The van der Waals surface area contributed by atoms with E-state index in [0.717, 1.165) is 11.3 Å². The Balaban J connectivity index is 2.30. The molecule has 0 saturated heterocycles. The molecule has 3 aromatic rings. The molecule has 0 saturated carbocycles. The Kier molecular flexibility index (Phi) is 3.59. The Morgan fingerprint density at radius 3 is 2.70 bits per heavy atom. The molecule has 0 aliphatic carbocycles. The minimum Gasteiger partial charge on any atom is -0.343 e. The number of pyridine rings is 2.